The Bertz CT molecular complexity index is 578. The summed E-state index contributed by atoms with van der Waals surface area (Å²) in [7, 11) is 1.74. The monoisotopic (exact) mass is 256 g/mol. The molecule has 0 N–H and O–H groups in total. The third kappa shape index (κ3) is 2.23. The Kier molecular flexibility index (Phi) is 3.03. The average molecular weight is 256 g/mol. The number of amides is 1. The second-order valence-electron chi connectivity index (χ2n) is 4.87. The molecule has 1 saturated heterocycles. The summed E-state index contributed by atoms with van der Waals surface area (Å²) >= 11 is 0. The summed E-state index contributed by atoms with van der Waals surface area (Å²) < 4.78 is 1.53. The van der Waals surface area contributed by atoms with Crippen LogP contribution in [-0.2, 0) is 13.5 Å². The van der Waals surface area contributed by atoms with Crippen molar-refractivity contribution in [2.45, 2.75) is 18.9 Å². The molecule has 1 aromatic heterocycles. The second kappa shape index (κ2) is 4.84. The number of nitrogens with zero attached hydrogens (tertiary/aromatic N) is 4. The zero-order valence-electron chi connectivity index (χ0n) is 10.9. The smallest absolute Gasteiger partial charge is 0.274 e. The number of aromatic nitrogens is 3. The molecule has 1 amide bonds. The lowest BCUT2D eigenvalue weighted by Crippen LogP contribution is -2.52. The summed E-state index contributed by atoms with van der Waals surface area (Å²) in [6.07, 6.45) is 3.50. The van der Waals surface area contributed by atoms with Crippen LogP contribution in [0.3, 0.4) is 0 Å². The molecular weight excluding hydrogens is 240 g/mol. The molecule has 1 aliphatic rings. The standard InChI is InChI=1S/C14H16N4O/c1-17-13(10-15-16-17)14(19)18-8-7-12(18)9-11-5-3-2-4-6-11/h2-6,10,12H,7-9H2,1H3. The molecule has 3 rings (SSSR count). The van der Waals surface area contributed by atoms with Gasteiger partial charge >= 0.3 is 0 Å². The molecule has 5 heteroatoms. The third-order valence-corrected chi connectivity index (χ3v) is 3.65. The summed E-state index contributed by atoms with van der Waals surface area (Å²) in [6.45, 7) is 0.821. The molecule has 5 nitrogen and oxygen atoms in total. The van der Waals surface area contributed by atoms with Gasteiger partial charge in [0.1, 0.15) is 5.69 Å². The van der Waals surface area contributed by atoms with Crippen molar-refractivity contribution < 1.29 is 4.79 Å². The first-order chi connectivity index (χ1) is 9.25. The van der Waals surface area contributed by atoms with Crippen LogP contribution >= 0.6 is 0 Å². The molecule has 2 heterocycles. The van der Waals surface area contributed by atoms with Crippen LogP contribution in [0, 0.1) is 0 Å². The van der Waals surface area contributed by atoms with Gasteiger partial charge in [0.05, 0.1) is 6.20 Å². The lowest BCUT2D eigenvalue weighted by molar-refractivity contribution is 0.0453. The minimum Gasteiger partial charge on any atom is -0.334 e. The van der Waals surface area contributed by atoms with Crippen LogP contribution in [0.15, 0.2) is 36.5 Å². The maximum Gasteiger partial charge on any atom is 0.274 e. The first-order valence-corrected chi connectivity index (χ1v) is 6.45. The van der Waals surface area contributed by atoms with Crippen molar-refractivity contribution in [1.82, 2.24) is 19.9 Å². The molecule has 0 radical (unpaired) electrons. The lowest BCUT2D eigenvalue weighted by Gasteiger charge is -2.41. The van der Waals surface area contributed by atoms with Crippen molar-refractivity contribution in [3.63, 3.8) is 0 Å². The van der Waals surface area contributed by atoms with Crippen molar-refractivity contribution >= 4 is 5.91 Å². The van der Waals surface area contributed by atoms with Crippen molar-refractivity contribution in [1.29, 1.82) is 0 Å². The van der Waals surface area contributed by atoms with Gasteiger partial charge in [-0.15, -0.1) is 5.10 Å². The number of hydrogen-bond donors (Lipinski definition) is 0. The summed E-state index contributed by atoms with van der Waals surface area (Å²) in [5.41, 5.74) is 1.82. The van der Waals surface area contributed by atoms with Gasteiger partial charge in [0, 0.05) is 19.6 Å². The highest BCUT2D eigenvalue weighted by Crippen LogP contribution is 2.23. The van der Waals surface area contributed by atoms with Crippen LogP contribution in [0.25, 0.3) is 0 Å². The van der Waals surface area contributed by atoms with E-state index in [9.17, 15) is 4.79 Å². The minimum atomic E-state index is 0.0275. The lowest BCUT2D eigenvalue weighted by atomic mass is 9.95. The van der Waals surface area contributed by atoms with Gasteiger partial charge in [-0.25, -0.2) is 4.68 Å². The van der Waals surface area contributed by atoms with Gasteiger partial charge in [0.2, 0.25) is 0 Å². The minimum absolute atomic E-state index is 0.0275. The third-order valence-electron chi connectivity index (χ3n) is 3.65. The van der Waals surface area contributed by atoms with Gasteiger partial charge in [-0.3, -0.25) is 4.79 Å². The van der Waals surface area contributed by atoms with Gasteiger partial charge in [0.15, 0.2) is 0 Å². The number of carbonyl (C=O) groups excluding carboxylic acids is 1. The summed E-state index contributed by atoms with van der Waals surface area (Å²) in [5, 5.41) is 7.56. The summed E-state index contributed by atoms with van der Waals surface area (Å²) in [4.78, 5) is 14.2. The predicted molar refractivity (Wildman–Crippen MR) is 70.6 cm³/mol. The molecule has 0 spiro atoms. The molecule has 0 bridgehead atoms. The van der Waals surface area contributed by atoms with E-state index < -0.39 is 0 Å². The van der Waals surface area contributed by atoms with Gasteiger partial charge < -0.3 is 4.90 Å². The second-order valence-corrected chi connectivity index (χ2v) is 4.87. The quantitative estimate of drug-likeness (QED) is 0.831. The zero-order valence-corrected chi connectivity index (χ0v) is 10.9. The molecule has 1 unspecified atom stereocenters. The molecule has 2 aromatic rings. The average Bonchev–Trinajstić information content (AvgIpc) is 2.82. The van der Waals surface area contributed by atoms with E-state index >= 15 is 0 Å². The van der Waals surface area contributed by atoms with E-state index in [1.807, 2.05) is 23.1 Å². The molecule has 1 fully saturated rings. The van der Waals surface area contributed by atoms with Crippen LogP contribution in [0.5, 0.6) is 0 Å². The van der Waals surface area contributed by atoms with E-state index in [0.29, 0.717) is 11.7 Å². The maximum atomic E-state index is 12.3. The van der Waals surface area contributed by atoms with E-state index in [-0.39, 0.29) is 5.91 Å². The fourth-order valence-corrected chi connectivity index (χ4v) is 2.44. The Hall–Kier alpha value is -2.17. The highest BCUT2D eigenvalue weighted by molar-refractivity contribution is 5.93. The van der Waals surface area contributed by atoms with E-state index in [1.54, 1.807) is 7.05 Å². The number of aryl methyl sites for hydroxylation is 1. The normalized spacial score (nSPS) is 18.2. The van der Waals surface area contributed by atoms with Crippen molar-refractivity contribution in [3.05, 3.63) is 47.8 Å². The molecule has 98 valence electrons. The van der Waals surface area contributed by atoms with Crippen molar-refractivity contribution in [2.75, 3.05) is 6.54 Å². The van der Waals surface area contributed by atoms with E-state index in [2.05, 4.69) is 22.4 Å². The molecule has 1 aromatic carbocycles. The molecule has 1 aliphatic heterocycles. The number of rotatable bonds is 3. The van der Waals surface area contributed by atoms with Gasteiger partial charge in [0.25, 0.3) is 5.91 Å². The zero-order chi connectivity index (χ0) is 13.2. The molecule has 0 saturated carbocycles. The van der Waals surface area contributed by atoms with Crippen molar-refractivity contribution in [2.24, 2.45) is 7.05 Å². The topological polar surface area (TPSA) is 51.0 Å². The van der Waals surface area contributed by atoms with E-state index in [0.717, 1.165) is 19.4 Å². The largest absolute Gasteiger partial charge is 0.334 e. The van der Waals surface area contributed by atoms with Crippen molar-refractivity contribution in [3.8, 4) is 0 Å². The number of carbonyl (C=O) groups is 1. The maximum absolute atomic E-state index is 12.3. The van der Waals surface area contributed by atoms with Gasteiger partial charge in [-0.1, -0.05) is 35.5 Å². The first-order valence-electron chi connectivity index (χ1n) is 6.45. The van der Waals surface area contributed by atoms with Crippen LogP contribution in [0.1, 0.15) is 22.5 Å². The number of likely N-dealkylation sites (tertiary alicyclic amines) is 1. The SMILES string of the molecule is Cn1nncc1C(=O)N1CCC1Cc1ccccc1. The molecular formula is C14H16N4O. The fourth-order valence-electron chi connectivity index (χ4n) is 2.44. The number of benzene rings is 1. The van der Waals surface area contributed by atoms with Gasteiger partial charge in [-0.2, -0.15) is 0 Å². The Morgan fingerprint density at radius 1 is 1.37 bits per heavy atom. The fraction of sp³-hybridized carbons (Fsp3) is 0.357. The van der Waals surface area contributed by atoms with Crippen LogP contribution in [-0.4, -0.2) is 38.4 Å². The predicted octanol–water partition coefficient (Wildman–Crippen LogP) is 1.27. The number of hydrogen-bond acceptors (Lipinski definition) is 3. The Balaban J connectivity index is 1.70. The van der Waals surface area contributed by atoms with E-state index in [4.69, 9.17) is 0 Å². The highest BCUT2D eigenvalue weighted by atomic mass is 16.2. The Morgan fingerprint density at radius 3 is 2.74 bits per heavy atom. The van der Waals surface area contributed by atoms with Crippen LogP contribution < -0.4 is 0 Å². The Labute approximate surface area is 111 Å². The summed E-state index contributed by atoms with van der Waals surface area (Å²) in [5.74, 6) is 0.0275. The van der Waals surface area contributed by atoms with Crippen LogP contribution in [0.2, 0.25) is 0 Å². The van der Waals surface area contributed by atoms with Crippen LogP contribution in [0.4, 0.5) is 0 Å². The first kappa shape index (κ1) is 11.9. The highest BCUT2D eigenvalue weighted by Gasteiger charge is 2.33. The molecule has 19 heavy (non-hydrogen) atoms. The molecule has 0 aliphatic carbocycles. The van der Waals surface area contributed by atoms with E-state index in [1.165, 1.54) is 16.4 Å². The molecule has 1 atom stereocenters. The van der Waals surface area contributed by atoms with Gasteiger partial charge in [-0.05, 0) is 18.4 Å². The Morgan fingerprint density at radius 2 is 2.16 bits per heavy atom. The summed E-state index contributed by atoms with van der Waals surface area (Å²) in [6, 6.07) is 10.6.